The molecule has 1 aliphatic rings. The van der Waals surface area contributed by atoms with Crippen molar-refractivity contribution in [2.75, 3.05) is 26.0 Å². The highest BCUT2D eigenvalue weighted by atomic mass is 16.5. The van der Waals surface area contributed by atoms with Crippen LogP contribution in [0.4, 0.5) is 5.69 Å². The number of rotatable bonds is 5. The number of anilines is 1. The summed E-state index contributed by atoms with van der Waals surface area (Å²) in [6.07, 6.45) is 5.72. The third-order valence-electron chi connectivity index (χ3n) is 5.62. The average Bonchev–Trinajstić information content (AvgIpc) is 2.73. The van der Waals surface area contributed by atoms with Crippen LogP contribution in [0.25, 0.3) is 28.2 Å². The Hall–Kier alpha value is -3.58. The third-order valence-corrected chi connectivity index (χ3v) is 5.62. The Morgan fingerprint density at radius 3 is 2.52 bits per heavy atom. The number of nitrogens with one attached hydrogen (secondary N) is 1. The molecule has 0 saturated carbocycles. The Kier molecular flexibility index (Phi) is 5.76. The van der Waals surface area contributed by atoms with Gasteiger partial charge < -0.3 is 24.5 Å². The first-order valence-corrected chi connectivity index (χ1v) is 10.8. The van der Waals surface area contributed by atoms with Crippen molar-refractivity contribution in [1.82, 2.24) is 4.90 Å². The van der Waals surface area contributed by atoms with Crippen molar-refractivity contribution < 1.29 is 19.1 Å². The molecule has 1 aliphatic heterocycles. The number of carbonyl (C=O) groups excluding carboxylic acids is 1. The highest BCUT2D eigenvalue weighted by molar-refractivity contribution is 5.97. The molecule has 4 rings (SSSR count). The third kappa shape index (κ3) is 4.36. The van der Waals surface area contributed by atoms with E-state index in [9.17, 15) is 14.7 Å². The molecule has 0 aliphatic carbocycles. The van der Waals surface area contributed by atoms with Crippen molar-refractivity contribution >= 4 is 28.6 Å². The second kappa shape index (κ2) is 8.41. The molecule has 0 saturated heterocycles. The summed E-state index contributed by atoms with van der Waals surface area (Å²) in [6, 6.07) is 6.90. The topological polar surface area (TPSA) is 92.0 Å². The lowest BCUT2D eigenvalue weighted by molar-refractivity contribution is -0.114. The fourth-order valence-electron chi connectivity index (χ4n) is 3.96. The maximum Gasteiger partial charge on any atom is 0.221 e. The molecule has 3 aromatic rings. The summed E-state index contributed by atoms with van der Waals surface area (Å²) in [6.45, 7) is 5.98. The fourth-order valence-corrected chi connectivity index (χ4v) is 3.96. The van der Waals surface area contributed by atoms with Gasteiger partial charge in [-0.15, -0.1) is 0 Å². The molecule has 7 nitrogen and oxygen atoms in total. The number of carbonyl (C=O) groups is 1. The first-order valence-electron chi connectivity index (χ1n) is 10.8. The van der Waals surface area contributed by atoms with Crippen LogP contribution in [0.3, 0.4) is 0 Å². The molecule has 2 aromatic carbocycles. The summed E-state index contributed by atoms with van der Waals surface area (Å²) >= 11 is 0. The summed E-state index contributed by atoms with van der Waals surface area (Å²) < 4.78 is 12.1. The van der Waals surface area contributed by atoms with Gasteiger partial charge in [-0.1, -0.05) is 12.1 Å². The van der Waals surface area contributed by atoms with E-state index in [1.54, 1.807) is 24.3 Å². The number of likely N-dealkylation sites (N-methyl/N-ethyl adjacent to an activating group) is 1. The van der Waals surface area contributed by atoms with E-state index in [0.29, 0.717) is 52.2 Å². The molecular formula is C26H28N2O5. The predicted octanol–water partition coefficient (Wildman–Crippen LogP) is 4.41. The molecule has 0 fully saturated rings. The van der Waals surface area contributed by atoms with Gasteiger partial charge >= 0.3 is 0 Å². The molecule has 0 bridgehead atoms. The Labute approximate surface area is 192 Å². The van der Waals surface area contributed by atoms with Crippen molar-refractivity contribution in [2.24, 2.45) is 0 Å². The van der Waals surface area contributed by atoms with Crippen molar-refractivity contribution in [1.29, 1.82) is 0 Å². The van der Waals surface area contributed by atoms with Crippen molar-refractivity contribution in [3.05, 3.63) is 58.0 Å². The molecule has 1 aromatic heterocycles. The van der Waals surface area contributed by atoms with Gasteiger partial charge in [-0.05, 0) is 64.2 Å². The number of hydrogen-bond donors (Lipinski definition) is 2. The van der Waals surface area contributed by atoms with Gasteiger partial charge in [-0.3, -0.25) is 9.59 Å². The molecule has 0 atom stereocenters. The zero-order valence-electron chi connectivity index (χ0n) is 19.5. The standard InChI is InChI=1S/C26H28N2O5/c1-15(29)27-17-8-6-16(7-9-17)20-14-32-25-19-10-12-26(2,3)33-24(19)18(11-13-28(4)5)22(30)21(25)23(20)31/h6-10,12,14,30H,11,13H2,1-5H3,(H,27,29). The number of nitrogens with zero attached hydrogens (tertiary/aromatic N) is 1. The predicted molar refractivity (Wildman–Crippen MR) is 130 cm³/mol. The van der Waals surface area contributed by atoms with Gasteiger partial charge in [-0.25, -0.2) is 0 Å². The van der Waals surface area contributed by atoms with Crippen molar-refractivity contribution in [3.8, 4) is 22.6 Å². The van der Waals surface area contributed by atoms with Crippen LogP contribution in [0.5, 0.6) is 11.5 Å². The molecule has 0 spiro atoms. The van der Waals surface area contributed by atoms with E-state index in [1.165, 1.54) is 13.2 Å². The summed E-state index contributed by atoms with van der Waals surface area (Å²) in [7, 11) is 3.90. The van der Waals surface area contributed by atoms with Gasteiger partial charge in [0.1, 0.15) is 28.7 Å². The normalized spacial score (nSPS) is 14.2. The Morgan fingerprint density at radius 1 is 1.18 bits per heavy atom. The van der Waals surface area contributed by atoms with E-state index in [-0.39, 0.29) is 22.5 Å². The molecule has 0 radical (unpaired) electrons. The molecule has 2 N–H and O–H groups in total. The van der Waals surface area contributed by atoms with E-state index >= 15 is 0 Å². The molecule has 172 valence electrons. The minimum atomic E-state index is -0.546. The number of benzene rings is 2. The zero-order valence-corrected chi connectivity index (χ0v) is 19.5. The highest BCUT2D eigenvalue weighted by Gasteiger charge is 2.30. The maximum absolute atomic E-state index is 13.6. The van der Waals surface area contributed by atoms with E-state index in [4.69, 9.17) is 9.15 Å². The lowest BCUT2D eigenvalue weighted by Crippen LogP contribution is -2.29. The summed E-state index contributed by atoms with van der Waals surface area (Å²) in [5.74, 6) is 0.262. The SMILES string of the molecule is CC(=O)Nc1ccc(-c2coc3c4c(c(CCN(C)C)c(O)c3c2=O)OC(C)(C)C=C4)cc1. The lowest BCUT2D eigenvalue weighted by Gasteiger charge is -2.30. The van der Waals surface area contributed by atoms with Crippen molar-refractivity contribution in [2.45, 2.75) is 32.8 Å². The quantitative estimate of drug-likeness (QED) is 0.601. The smallest absolute Gasteiger partial charge is 0.221 e. The van der Waals surface area contributed by atoms with Crippen LogP contribution in [-0.4, -0.2) is 42.2 Å². The second-order valence-electron chi connectivity index (χ2n) is 9.10. The van der Waals surface area contributed by atoms with Crippen LogP contribution in [0, 0.1) is 0 Å². The highest BCUT2D eigenvalue weighted by Crippen LogP contribution is 2.44. The van der Waals surface area contributed by atoms with Gasteiger partial charge in [0, 0.05) is 24.7 Å². The van der Waals surface area contributed by atoms with Crippen LogP contribution in [0.2, 0.25) is 0 Å². The Bertz CT molecular complexity index is 1320. The minimum absolute atomic E-state index is 0.109. The maximum atomic E-state index is 13.6. The number of hydrogen-bond acceptors (Lipinski definition) is 6. The van der Waals surface area contributed by atoms with Crippen LogP contribution >= 0.6 is 0 Å². The van der Waals surface area contributed by atoms with Crippen LogP contribution < -0.4 is 15.5 Å². The number of phenols is 1. The summed E-state index contributed by atoms with van der Waals surface area (Å²) in [5, 5.41) is 14.1. The second-order valence-corrected chi connectivity index (χ2v) is 9.10. The Morgan fingerprint density at radius 2 is 1.88 bits per heavy atom. The molecule has 2 heterocycles. The van der Waals surface area contributed by atoms with E-state index < -0.39 is 5.60 Å². The summed E-state index contributed by atoms with van der Waals surface area (Å²) in [5.41, 5.74) is 2.25. The van der Waals surface area contributed by atoms with Crippen molar-refractivity contribution in [3.63, 3.8) is 0 Å². The van der Waals surface area contributed by atoms with Gasteiger partial charge in [0.05, 0.1) is 11.1 Å². The number of fused-ring (bicyclic) bond motifs is 3. The van der Waals surface area contributed by atoms with E-state index in [2.05, 4.69) is 5.32 Å². The monoisotopic (exact) mass is 448 g/mol. The van der Waals surface area contributed by atoms with Crippen LogP contribution in [-0.2, 0) is 11.2 Å². The first-order chi connectivity index (χ1) is 15.6. The number of ether oxygens (including phenoxy) is 1. The number of amides is 1. The van der Waals surface area contributed by atoms with Gasteiger partial charge in [0.15, 0.2) is 5.58 Å². The largest absolute Gasteiger partial charge is 0.507 e. The number of phenolic OH excluding ortho intramolecular Hbond substituents is 1. The molecule has 0 unspecified atom stereocenters. The summed E-state index contributed by atoms with van der Waals surface area (Å²) in [4.78, 5) is 26.8. The molecule has 7 heteroatoms. The first kappa shape index (κ1) is 22.6. The van der Waals surface area contributed by atoms with Crippen LogP contribution in [0.1, 0.15) is 31.9 Å². The molecular weight excluding hydrogens is 420 g/mol. The Balaban J connectivity index is 1.91. The fraction of sp³-hybridized carbons (Fsp3) is 0.308. The lowest BCUT2D eigenvalue weighted by atomic mass is 9.94. The molecule has 1 amide bonds. The van der Waals surface area contributed by atoms with Gasteiger partial charge in [-0.2, -0.15) is 0 Å². The van der Waals surface area contributed by atoms with Gasteiger partial charge in [0.2, 0.25) is 11.3 Å². The zero-order chi connectivity index (χ0) is 23.9. The van der Waals surface area contributed by atoms with Crippen LogP contribution in [0.15, 0.2) is 45.8 Å². The van der Waals surface area contributed by atoms with E-state index in [0.717, 1.165) is 0 Å². The molecule has 33 heavy (non-hydrogen) atoms. The number of aromatic hydroxyl groups is 1. The van der Waals surface area contributed by atoms with E-state index in [1.807, 2.05) is 45.0 Å². The average molecular weight is 449 g/mol. The van der Waals surface area contributed by atoms with Gasteiger partial charge in [0.25, 0.3) is 0 Å². The minimum Gasteiger partial charge on any atom is -0.507 e.